The van der Waals surface area contributed by atoms with Gasteiger partial charge in [-0.2, -0.15) is 0 Å². The molecule has 1 fully saturated rings. The van der Waals surface area contributed by atoms with Gasteiger partial charge in [0, 0.05) is 6.04 Å². The zero-order chi connectivity index (χ0) is 14.9. The predicted molar refractivity (Wildman–Crippen MR) is 77.9 cm³/mol. The molecule has 1 saturated carbocycles. The molecule has 0 radical (unpaired) electrons. The van der Waals surface area contributed by atoms with Gasteiger partial charge in [-0.3, -0.25) is 0 Å². The molecule has 0 spiro atoms. The second-order valence-electron chi connectivity index (χ2n) is 5.43. The first-order valence-corrected chi connectivity index (χ1v) is 8.71. The summed E-state index contributed by atoms with van der Waals surface area (Å²) in [6.45, 7) is 1.29. The lowest BCUT2D eigenvalue weighted by atomic mass is 10.1. The molecule has 7 heteroatoms. The second kappa shape index (κ2) is 5.82. The van der Waals surface area contributed by atoms with Crippen molar-refractivity contribution in [3.8, 4) is 11.5 Å². The van der Waals surface area contributed by atoms with Crippen LogP contribution in [-0.4, -0.2) is 34.2 Å². The van der Waals surface area contributed by atoms with Crippen LogP contribution in [-0.2, 0) is 10.0 Å². The highest BCUT2D eigenvalue weighted by Gasteiger charge is 2.32. The van der Waals surface area contributed by atoms with Crippen molar-refractivity contribution in [1.82, 2.24) is 4.72 Å². The molecule has 1 aliphatic heterocycles. The van der Waals surface area contributed by atoms with E-state index in [1.54, 1.807) is 18.2 Å². The van der Waals surface area contributed by atoms with Crippen molar-refractivity contribution in [2.45, 2.75) is 30.2 Å². The molecule has 0 amide bonds. The number of hydrogen-bond donors (Lipinski definition) is 2. The lowest BCUT2D eigenvalue weighted by molar-refractivity contribution is 0.167. The van der Waals surface area contributed by atoms with Crippen LogP contribution >= 0.6 is 0 Å². The Balaban J connectivity index is 1.88. The number of rotatable bonds is 4. The van der Waals surface area contributed by atoms with Gasteiger partial charge in [0.05, 0.1) is 0 Å². The number of hydrogen-bond acceptors (Lipinski definition) is 5. The summed E-state index contributed by atoms with van der Waals surface area (Å²) in [4.78, 5) is 0.141. The van der Waals surface area contributed by atoms with Crippen LogP contribution in [0, 0.1) is 5.92 Å². The van der Waals surface area contributed by atoms with Gasteiger partial charge in [0.15, 0.2) is 11.5 Å². The maximum Gasteiger partial charge on any atom is 0.244 e. The fraction of sp³-hybridized carbons (Fsp3) is 0.571. The summed E-state index contributed by atoms with van der Waals surface area (Å²) in [5.41, 5.74) is 5.71. The van der Waals surface area contributed by atoms with E-state index in [1.807, 2.05) is 0 Å². The lowest BCUT2D eigenvalue weighted by Gasteiger charge is -2.23. The van der Waals surface area contributed by atoms with E-state index in [0.717, 1.165) is 19.3 Å². The van der Waals surface area contributed by atoms with E-state index >= 15 is 0 Å². The Labute approximate surface area is 124 Å². The molecule has 2 atom stereocenters. The molecule has 1 aliphatic carbocycles. The Bertz CT molecular complexity index is 617. The molecule has 3 rings (SSSR count). The Morgan fingerprint density at radius 2 is 2.05 bits per heavy atom. The topological polar surface area (TPSA) is 90.7 Å². The molecule has 0 bridgehead atoms. The smallest absolute Gasteiger partial charge is 0.244 e. The highest BCUT2D eigenvalue weighted by atomic mass is 32.2. The van der Waals surface area contributed by atoms with E-state index in [-0.39, 0.29) is 16.9 Å². The van der Waals surface area contributed by atoms with Crippen LogP contribution in [0.4, 0.5) is 0 Å². The van der Waals surface area contributed by atoms with Gasteiger partial charge in [0.2, 0.25) is 10.0 Å². The van der Waals surface area contributed by atoms with Crippen LogP contribution in [0.15, 0.2) is 23.1 Å². The number of nitrogens with two attached hydrogens (primary N) is 1. The summed E-state index contributed by atoms with van der Waals surface area (Å²) in [5, 5.41) is 0. The van der Waals surface area contributed by atoms with Crippen LogP contribution < -0.4 is 19.9 Å². The minimum atomic E-state index is -3.64. The Hall–Kier alpha value is -1.31. The van der Waals surface area contributed by atoms with Crippen molar-refractivity contribution >= 4 is 10.0 Å². The minimum Gasteiger partial charge on any atom is -0.486 e. The molecule has 2 unspecified atom stereocenters. The summed E-state index contributed by atoms with van der Waals surface area (Å²) in [5.74, 6) is 0.987. The van der Waals surface area contributed by atoms with Crippen LogP contribution in [0.2, 0.25) is 0 Å². The zero-order valence-corrected chi connectivity index (χ0v) is 12.6. The van der Waals surface area contributed by atoms with Crippen LogP contribution in [0.3, 0.4) is 0 Å². The Kier molecular flexibility index (Phi) is 4.05. The van der Waals surface area contributed by atoms with E-state index in [2.05, 4.69) is 4.72 Å². The summed E-state index contributed by atoms with van der Waals surface area (Å²) in [6, 6.07) is 4.82. The van der Waals surface area contributed by atoms with E-state index in [1.165, 1.54) is 0 Å². The van der Waals surface area contributed by atoms with Crippen molar-refractivity contribution < 1.29 is 17.9 Å². The fourth-order valence-electron chi connectivity index (χ4n) is 3.00. The Morgan fingerprint density at radius 3 is 2.86 bits per heavy atom. The number of ether oxygens (including phenoxy) is 2. The Morgan fingerprint density at radius 1 is 1.24 bits per heavy atom. The molecule has 6 nitrogen and oxygen atoms in total. The van der Waals surface area contributed by atoms with Gasteiger partial charge < -0.3 is 15.2 Å². The van der Waals surface area contributed by atoms with Crippen LogP contribution in [0.5, 0.6) is 11.5 Å². The molecule has 0 aromatic heterocycles. The summed E-state index contributed by atoms with van der Waals surface area (Å²) < 4.78 is 39.0. The molecule has 1 aromatic carbocycles. The minimum absolute atomic E-state index is 0.0969. The van der Waals surface area contributed by atoms with E-state index in [9.17, 15) is 8.42 Å². The van der Waals surface area contributed by atoms with Crippen molar-refractivity contribution in [3.05, 3.63) is 18.2 Å². The molecule has 2 aliphatic rings. The third-order valence-corrected chi connectivity index (χ3v) is 5.60. The monoisotopic (exact) mass is 312 g/mol. The average Bonchev–Trinajstić information content (AvgIpc) is 2.93. The molecule has 0 saturated heterocycles. The number of nitrogens with one attached hydrogen (secondary N) is 1. The first kappa shape index (κ1) is 14.6. The molecule has 1 heterocycles. The highest BCUT2D eigenvalue weighted by Crippen LogP contribution is 2.37. The molecule has 21 heavy (non-hydrogen) atoms. The van der Waals surface area contributed by atoms with Crippen molar-refractivity contribution in [2.75, 3.05) is 19.8 Å². The highest BCUT2D eigenvalue weighted by molar-refractivity contribution is 7.89. The van der Waals surface area contributed by atoms with E-state index < -0.39 is 10.0 Å². The first-order valence-electron chi connectivity index (χ1n) is 7.23. The van der Waals surface area contributed by atoms with Crippen LogP contribution in [0.1, 0.15) is 19.3 Å². The number of benzene rings is 1. The van der Waals surface area contributed by atoms with Crippen molar-refractivity contribution in [1.29, 1.82) is 0 Å². The molecule has 116 valence electrons. The number of sulfonamides is 1. The zero-order valence-electron chi connectivity index (χ0n) is 11.7. The van der Waals surface area contributed by atoms with Gasteiger partial charge in [0.25, 0.3) is 0 Å². The SMILES string of the molecule is NCC1CCCC1NS(=O)(=O)c1cccc2c1OCCO2. The lowest BCUT2D eigenvalue weighted by Crippen LogP contribution is -2.40. The van der Waals surface area contributed by atoms with Crippen molar-refractivity contribution in [3.63, 3.8) is 0 Å². The third-order valence-electron chi connectivity index (χ3n) is 4.09. The third kappa shape index (κ3) is 2.86. The summed E-state index contributed by atoms with van der Waals surface area (Å²) in [7, 11) is -3.64. The molecule has 1 aromatic rings. The van der Waals surface area contributed by atoms with Gasteiger partial charge in [-0.1, -0.05) is 12.5 Å². The molecule has 3 N–H and O–H groups in total. The van der Waals surface area contributed by atoms with Gasteiger partial charge in [-0.15, -0.1) is 0 Å². The van der Waals surface area contributed by atoms with Gasteiger partial charge in [0.1, 0.15) is 18.1 Å². The normalized spacial score (nSPS) is 25.0. The maximum absolute atomic E-state index is 12.6. The fourth-order valence-corrected chi connectivity index (χ4v) is 4.49. The van der Waals surface area contributed by atoms with Gasteiger partial charge in [-0.25, -0.2) is 13.1 Å². The maximum atomic E-state index is 12.6. The largest absolute Gasteiger partial charge is 0.486 e. The number of fused-ring (bicyclic) bond motifs is 1. The predicted octanol–water partition coefficient (Wildman–Crippen LogP) is 0.863. The standard InChI is InChI=1S/C14H20N2O4S/c15-9-10-3-1-4-11(10)16-21(17,18)13-6-2-5-12-14(13)20-8-7-19-12/h2,5-6,10-11,16H,1,3-4,7-9,15H2. The van der Waals surface area contributed by atoms with Gasteiger partial charge in [-0.05, 0) is 37.4 Å². The second-order valence-corrected chi connectivity index (χ2v) is 7.12. The van der Waals surface area contributed by atoms with Crippen LogP contribution in [0.25, 0.3) is 0 Å². The van der Waals surface area contributed by atoms with Gasteiger partial charge >= 0.3 is 0 Å². The van der Waals surface area contributed by atoms with Crippen molar-refractivity contribution in [2.24, 2.45) is 11.7 Å². The molecular weight excluding hydrogens is 292 g/mol. The van der Waals surface area contributed by atoms with E-state index in [4.69, 9.17) is 15.2 Å². The number of para-hydroxylation sites is 1. The average molecular weight is 312 g/mol. The quantitative estimate of drug-likeness (QED) is 0.860. The summed E-state index contributed by atoms with van der Waals surface area (Å²) >= 11 is 0. The molecular formula is C14H20N2O4S. The first-order chi connectivity index (χ1) is 10.1. The van der Waals surface area contributed by atoms with E-state index in [0.29, 0.717) is 31.3 Å². The summed E-state index contributed by atoms with van der Waals surface area (Å²) in [6.07, 6.45) is 2.80.